The first kappa shape index (κ1) is 79.9. The summed E-state index contributed by atoms with van der Waals surface area (Å²) < 4.78 is 136. The zero-order valence-corrected chi connectivity index (χ0v) is 55.2. The molecule has 0 heterocycles. The zero-order chi connectivity index (χ0) is 71.2. The molecule has 0 unspecified atom stereocenters. The van der Waals surface area contributed by atoms with Crippen molar-refractivity contribution in [2.45, 2.75) is 44.1 Å². The van der Waals surface area contributed by atoms with Crippen molar-refractivity contribution in [2.75, 3.05) is 40.8 Å². The third kappa shape index (κ3) is 30.6. The van der Waals surface area contributed by atoms with E-state index in [4.69, 9.17) is 31.4 Å². The molecule has 0 bridgehead atoms. The van der Waals surface area contributed by atoms with E-state index in [1.165, 1.54) is 121 Å². The van der Waals surface area contributed by atoms with Crippen molar-refractivity contribution in [3.05, 3.63) is 318 Å². The van der Waals surface area contributed by atoms with Crippen molar-refractivity contribution in [1.82, 2.24) is 0 Å². The summed E-state index contributed by atoms with van der Waals surface area (Å²) in [5, 5.41) is 53.1. The van der Waals surface area contributed by atoms with Crippen LogP contribution in [0.25, 0.3) is 12.2 Å². The van der Waals surface area contributed by atoms with Gasteiger partial charge in [0.25, 0.3) is 0 Å². The predicted octanol–water partition coefficient (Wildman–Crippen LogP) is 18.8. The van der Waals surface area contributed by atoms with Gasteiger partial charge in [0.1, 0.15) is 52.4 Å². The van der Waals surface area contributed by atoms with Gasteiger partial charge in [-0.1, -0.05) is 101 Å². The van der Waals surface area contributed by atoms with Gasteiger partial charge in [0.05, 0.1) is 84.1 Å². The molecule has 0 spiro atoms. The number of nitrogens with zero attached hydrogens (tertiary/aromatic N) is 5. The number of carboxylic acid groups (broad SMARTS) is 1. The molecule has 96 heavy (non-hydrogen) atoms. The number of benzene rings is 9. The van der Waals surface area contributed by atoms with Gasteiger partial charge in [-0.15, -0.1) is 0 Å². The van der Waals surface area contributed by atoms with Crippen LogP contribution in [0.5, 0.6) is 0 Å². The summed E-state index contributed by atoms with van der Waals surface area (Å²) in [6, 6.07) is 52.1. The Morgan fingerprint density at radius 1 is 0.438 bits per heavy atom. The second-order valence-electron chi connectivity index (χ2n) is 20.7. The fourth-order valence-electron chi connectivity index (χ4n) is 8.08. The third-order valence-corrected chi connectivity index (χ3v) is 14.7. The standard InChI is InChI=1S/C15H11F2N.C15H9F2N.C15H12F2O2.C10H11FNOP.C8H5BrFN.C8H6FN.C4H10O2/c2*16-14-6-2-11(3-7-14)1-4-12-5-8-15(17)9-13(12)10-18;16-12-6-2-10(3-7-12)1-4-11-5-8-13(17)9-14(11)15(18)19;1-14(2,13)7-8-3-4-10(11)5-9(8)6-12;9-4-6-1-2-8(10)3-7(6)5-11;1-6-2-3-8(9)4-7(6)5-10;1-5-3-4-6-2/h2-3,5-9H,1,4H2;1-9H;2-3,5-9H,1,4H2,(H,18,19);3-5H,7H2,1-2H3;1-3H,4H2;2-4H,1H3;3-4H2,1-2H3/b;4-1+;;;;;. The Kier molecular flexibility index (Phi) is 35.6. The Hall–Kier alpha value is -10.4. The summed E-state index contributed by atoms with van der Waals surface area (Å²) in [7, 11) is 1.09. The van der Waals surface area contributed by atoms with Gasteiger partial charge in [-0.2, -0.15) is 26.3 Å². The first-order chi connectivity index (χ1) is 45.8. The normalized spacial score (nSPS) is 10.1. The second-order valence-corrected chi connectivity index (χ2v) is 24.8. The van der Waals surface area contributed by atoms with Crippen molar-refractivity contribution >= 4 is 41.2 Å². The van der Waals surface area contributed by atoms with E-state index in [1.54, 1.807) is 101 Å². The molecule has 0 fully saturated rings. The number of alkyl halides is 1. The maximum Gasteiger partial charge on any atom is 0.336 e. The van der Waals surface area contributed by atoms with Crippen molar-refractivity contribution in [2.24, 2.45) is 0 Å². The summed E-state index contributed by atoms with van der Waals surface area (Å²) >= 11 is 3.20. The second kappa shape index (κ2) is 42.8. The van der Waals surface area contributed by atoms with Crippen molar-refractivity contribution < 1.29 is 63.5 Å². The van der Waals surface area contributed by atoms with Gasteiger partial charge in [-0.3, -0.25) is 0 Å². The molecule has 0 aliphatic heterocycles. The third-order valence-electron chi connectivity index (χ3n) is 13.0. The smallest absolute Gasteiger partial charge is 0.336 e. The number of halogens is 10. The minimum Gasteiger partial charge on any atom is -0.478 e. The molecule has 0 aliphatic rings. The average Bonchev–Trinajstić information content (AvgIpc) is 1.03. The molecule has 0 aromatic heterocycles. The first-order valence-corrected chi connectivity index (χ1v) is 32.6. The summed E-state index contributed by atoms with van der Waals surface area (Å²) in [5.41, 5.74) is 8.66. The van der Waals surface area contributed by atoms with Gasteiger partial charge >= 0.3 is 5.97 Å². The van der Waals surface area contributed by atoms with E-state index in [0.717, 1.165) is 39.4 Å². The van der Waals surface area contributed by atoms with Gasteiger partial charge in [-0.05, 0) is 205 Å². The van der Waals surface area contributed by atoms with Crippen LogP contribution >= 0.6 is 23.1 Å². The van der Waals surface area contributed by atoms with E-state index in [9.17, 15) is 48.9 Å². The minimum absolute atomic E-state index is 0.0258. The molecule has 0 atom stereocenters. The molecule has 0 amide bonds. The number of rotatable bonds is 15. The van der Waals surface area contributed by atoms with Crippen LogP contribution in [-0.2, 0) is 51.2 Å². The Bertz CT molecular complexity index is 4290. The van der Waals surface area contributed by atoms with Crippen molar-refractivity contribution in [3.63, 3.8) is 0 Å². The lowest BCUT2D eigenvalue weighted by Gasteiger charge is -2.07. The van der Waals surface area contributed by atoms with Crippen LogP contribution in [0.3, 0.4) is 0 Å². The fraction of sp³-hybridized carbons (Fsp3) is 0.173. The highest BCUT2D eigenvalue weighted by atomic mass is 79.9. The molecule has 21 heteroatoms. The van der Waals surface area contributed by atoms with Crippen LogP contribution in [-0.4, -0.2) is 51.8 Å². The lowest BCUT2D eigenvalue weighted by molar-refractivity contribution is 0.0695. The largest absolute Gasteiger partial charge is 0.478 e. The molecule has 0 saturated carbocycles. The molecule has 1 N–H and O–H groups in total. The number of carboxylic acids is 1. The van der Waals surface area contributed by atoms with Gasteiger partial charge in [-0.25, -0.2) is 44.3 Å². The van der Waals surface area contributed by atoms with Gasteiger partial charge in [0, 0.05) is 25.7 Å². The Balaban J connectivity index is 0.000000299. The van der Waals surface area contributed by atoms with Crippen LogP contribution in [0.15, 0.2) is 182 Å². The van der Waals surface area contributed by atoms with Crippen molar-refractivity contribution in [1.29, 1.82) is 26.3 Å². The minimum atomic E-state index is -2.22. The molecule has 9 rings (SSSR count). The maximum absolute atomic E-state index is 13.0. The van der Waals surface area contributed by atoms with Crippen molar-refractivity contribution in [3.8, 4) is 30.3 Å². The van der Waals surface area contributed by atoms with Crippen LogP contribution < -0.4 is 0 Å². The first-order valence-electron chi connectivity index (χ1n) is 28.7. The maximum atomic E-state index is 13.0. The number of methoxy groups -OCH3 is 2. The number of nitriles is 5. The highest BCUT2D eigenvalue weighted by Crippen LogP contribution is 2.41. The molecule has 0 aliphatic carbocycles. The number of hydrogen-bond donors (Lipinski definition) is 1. The molecule has 0 radical (unpaired) electrons. The summed E-state index contributed by atoms with van der Waals surface area (Å²) in [5.74, 6) is -4.60. The molecule has 0 saturated heterocycles. The number of aryl methyl sites for hydroxylation is 5. The lowest BCUT2D eigenvalue weighted by Crippen LogP contribution is -2.04. The molecular formula is C75H64BrF9N5O5P. The van der Waals surface area contributed by atoms with E-state index < -0.39 is 36.4 Å². The molecular weight excluding hydrogens is 1330 g/mol. The lowest BCUT2D eigenvalue weighted by atomic mass is 9.99. The number of ether oxygens (including phenoxy) is 2. The van der Waals surface area contributed by atoms with E-state index in [1.807, 2.05) is 30.3 Å². The van der Waals surface area contributed by atoms with E-state index in [2.05, 4.69) is 25.4 Å². The van der Waals surface area contributed by atoms with E-state index in [0.29, 0.717) is 83.8 Å². The van der Waals surface area contributed by atoms with Crippen LogP contribution in [0, 0.1) is 116 Å². The Labute approximate surface area is 561 Å². The number of aromatic carboxylic acids is 1. The van der Waals surface area contributed by atoms with Crippen LogP contribution in [0.2, 0.25) is 0 Å². The van der Waals surface area contributed by atoms with Gasteiger partial charge in [0.15, 0.2) is 0 Å². The van der Waals surface area contributed by atoms with E-state index >= 15 is 0 Å². The molecule has 9 aromatic rings. The summed E-state index contributed by atoms with van der Waals surface area (Å²) in [6.07, 6.45) is 6.16. The molecule has 10 nitrogen and oxygen atoms in total. The van der Waals surface area contributed by atoms with E-state index in [-0.39, 0.29) is 45.8 Å². The topological polar surface area (TPSA) is 192 Å². The number of hydrogen-bond acceptors (Lipinski definition) is 9. The monoisotopic (exact) mass is 1400 g/mol. The molecule has 494 valence electrons. The average molecular weight is 1400 g/mol. The predicted molar refractivity (Wildman–Crippen MR) is 356 cm³/mol. The Morgan fingerprint density at radius 2 is 0.781 bits per heavy atom. The highest BCUT2D eigenvalue weighted by Gasteiger charge is 2.14. The van der Waals surface area contributed by atoms with Gasteiger partial charge < -0.3 is 19.1 Å². The number of carbonyl (C=O) groups is 1. The van der Waals surface area contributed by atoms with Crippen LogP contribution in [0.4, 0.5) is 39.5 Å². The molecule has 9 aromatic carbocycles. The Morgan fingerprint density at radius 3 is 1.20 bits per heavy atom. The highest BCUT2D eigenvalue weighted by molar-refractivity contribution is 9.08. The van der Waals surface area contributed by atoms with Gasteiger partial charge in [0.2, 0.25) is 0 Å². The zero-order valence-electron chi connectivity index (χ0n) is 52.7. The SMILES string of the molecule is COCCOC.CP(C)(=O)Cc1ccc(F)cc1C#N.Cc1ccc(F)cc1C#N.N#Cc1cc(F)ccc1/C=C/c1ccc(F)cc1.N#Cc1cc(F)ccc1CBr.N#Cc1cc(F)ccc1CCc1ccc(F)cc1.O=C(O)c1cc(F)ccc1CCc1ccc(F)cc1. The van der Waals surface area contributed by atoms with Crippen LogP contribution in [0.1, 0.15) is 88.2 Å². The fourth-order valence-corrected chi connectivity index (χ4v) is 9.66. The quantitative estimate of drug-likeness (QED) is 0.0340. The summed E-state index contributed by atoms with van der Waals surface area (Å²) in [6.45, 7) is 6.46. The summed E-state index contributed by atoms with van der Waals surface area (Å²) in [4.78, 5) is 11.0.